The van der Waals surface area contributed by atoms with Crippen LogP contribution < -0.4 is 0 Å². The third-order valence-electron chi connectivity index (χ3n) is 6.32. The van der Waals surface area contributed by atoms with E-state index < -0.39 is 18.4 Å². The number of carbonyl (C=O) groups excluding carboxylic acids is 2. The largest absolute Gasteiger partial charge is 0.429 e. The van der Waals surface area contributed by atoms with E-state index in [4.69, 9.17) is 0 Å². The molecule has 5 nitrogen and oxygen atoms in total. The summed E-state index contributed by atoms with van der Waals surface area (Å²) in [5, 5.41) is 19.7. The van der Waals surface area contributed by atoms with Crippen molar-refractivity contribution in [1.82, 2.24) is 0 Å². The molecule has 166 valence electrons. The van der Waals surface area contributed by atoms with E-state index in [0.29, 0.717) is 17.4 Å². The molecule has 1 aliphatic carbocycles. The van der Waals surface area contributed by atoms with Crippen LogP contribution in [0, 0.1) is 5.41 Å². The fraction of sp³-hybridized carbons (Fsp3) is 0.600. The Morgan fingerprint density at radius 2 is 2.07 bits per heavy atom. The molecule has 5 heteroatoms. The Kier molecular flexibility index (Phi) is 8.80. The normalized spacial score (nSPS) is 23.3. The summed E-state index contributed by atoms with van der Waals surface area (Å²) in [4.78, 5) is 22.5. The van der Waals surface area contributed by atoms with Gasteiger partial charge in [0.05, 0.1) is 6.10 Å². The summed E-state index contributed by atoms with van der Waals surface area (Å²) in [6.07, 6.45) is 10.7. The third-order valence-corrected chi connectivity index (χ3v) is 6.32. The summed E-state index contributed by atoms with van der Waals surface area (Å²) in [5.41, 5.74) is 5.53. The minimum Gasteiger partial charge on any atom is -0.429 e. The lowest BCUT2D eigenvalue weighted by Gasteiger charge is -2.35. The van der Waals surface area contributed by atoms with Crippen molar-refractivity contribution in [3.63, 3.8) is 0 Å². The SMILES string of the molecule is CC1=C(CC/C(C)=C\CC/C(C=O)=C/C[C@@H](O)C2=CC(=O)O[C@@H]2O)C(C)(C)CCC1. The smallest absolute Gasteiger partial charge is 0.333 e. The van der Waals surface area contributed by atoms with Crippen LogP contribution in [0.5, 0.6) is 0 Å². The predicted molar refractivity (Wildman–Crippen MR) is 118 cm³/mol. The molecule has 2 atom stereocenters. The van der Waals surface area contributed by atoms with Crippen molar-refractivity contribution in [2.45, 2.75) is 91.5 Å². The number of hydrogen-bond acceptors (Lipinski definition) is 5. The standard InChI is InChI=1S/C25H36O5/c1-17(10-12-21-18(2)8-6-14-25(21,3)4)7-5-9-19(16-26)11-13-22(27)20-15-23(28)30-24(20)29/h7,11,15-16,22,24,27,29H,5-6,8-10,12-14H2,1-4H3/b17-7-,19-11-/t22-,24+/m1/s1. The van der Waals surface area contributed by atoms with Gasteiger partial charge in [0.15, 0.2) is 0 Å². The van der Waals surface area contributed by atoms with Crippen molar-refractivity contribution in [3.8, 4) is 0 Å². The van der Waals surface area contributed by atoms with Crippen LogP contribution in [-0.4, -0.2) is 34.9 Å². The molecule has 0 aromatic heterocycles. The summed E-state index contributed by atoms with van der Waals surface area (Å²) in [6.45, 7) is 9.11. The number of aldehydes is 1. The van der Waals surface area contributed by atoms with Gasteiger partial charge in [0.1, 0.15) is 6.29 Å². The van der Waals surface area contributed by atoms with Gasteiger partial charge in [-0.2, -0.15) is 0 Å². The molecular formula is C25H36O5. The molecule has 2 aliphatic rings. The number of carbonyl (C=O) groups is 2. The van der Waals surface area contributed by atoms with E-state index in [1.54, 1.807) is 17.2 Å². The van der Waals surface area contributed by atoms with Crippen molar-refractivity contribution >= 4 is 12.3 Å². The van der Waals surface area contributed by atoms with Crippen LogP contribution in [0.3, 0.4) is 0 Å². The number of ether oxygens (including phenoxy) is 1. The minimum absolute atomic E-state index is 0.132. The maximum atomic E-state index is 11.4. The first-order valence-electron chi connectivity index (χ1n) is 10.9. The topological polar surface area (TPSA) is 83.8 Å². The van der Waals surface area contributed by atoms with E-state index in [1.165, 1.54) is 24.8 Å². The zero-order chi connectivity index (χ0) is 22.3. The van der Waals surface area contributed by atoms with Crippen molar-refractivity contribution in [3.05, 3.63) is 46.1 Å². The van der Waals surface area contributed by atoms with Crippen molar-refractivity contribution in [2.24, 2.45) is 5.41 Å². The van der Waals surface area contributed by atoms with Crippen LogP contribution in [0.25, 0.3) is 0 Å². The van der Waals surface area contributed by atoms with E-state index in [0.717, 1.165) is 31.6 Å². The molecule has 0 saturated heterocycles. The number of aliphatic hydroxyl groups is 2. The van der Waals surface area contributed by atoms with Gasteiger partial charge in [0.2, 0.25) is 6.29 Å². The average Bonchev–Trinajstić information content (AvgIpc) is 3.01. The lowest BCUT2D eigenvalue weighted by atomic mass is 9.71. The van der Waals surface area contributed by atoms with Crippen LogP contribution >= 0.6 is 0 Å². The molecule has 1 heterocycles. The fourth-order valence-electron chi connectivity index (χ4n) is 4.42. The Hall–Kier alpha value is -1.98. The zero-order valence-electron chi connectivity index (χ0n) is 18.7. The molecule has 0 aromatic rings. The Morgan fingerprint density at radius 3 is 2.67 bits per heavy atom. The number of hydrogen-bond donors (Lipinski definition) is 2. The molecule has 0 bridgehead atoms. The highest BCUT2D eigenvalue weighted by molar-refractivity contribution is 5.85. The van der Waals surface area contributed by atoms with Crippen LogP contribution in [0.2, 0.25) is 0 Å². The lowest BCUT2D eigenvalue weighted by molar-refractivity contribution is -0.151. The van der Waals surface area contributed by atoms with Gasteiger partial charge < -0.3 is 14.9 Å². The summed E-state index contributed by atoms with van der Waals surface area (Å²) in [7, 11) is 0. The van der Waals surface area contributed by atoms with Crippen molar-refractivity contribution < 1.29 is 24.5 Å². The first kappa shape index (κ1) is 24.3. The number of cyclic esters (lactones) is 1. The summed E-state index contributed by atoms with van der Waals surface area (Å²) in [5.74, 6) is -0.667. The molecule has 0 aromatic carbocycles. The van der Waals surface area contributed by atoms with Gasteiger partial charge in [0.25, 0.3) is 0 Å². The summed E-state index contributed by atoms with van der Waals surface area (Å²) in [6, 6.07) is 0. The monoisotopic (exact) mass is 416 g/mol. The Morgan fingerprint density at radius 1 is 1.33 bits per heavy atom. The Balaban J connectivity index is 1.83. The molecule has 1 aliphatic heterocycles. The minimum atomic E-state index is -1.40. The van der Waals surface area contributed by atoms with Crippen molar-refractivity contribution in [1.29, 1.82) is 0 Å². The molecule has 0 fully saturated rings. The second-order valence-electron chi connectivity index (χ2n) is 9.17. The Bertz CT molecular complexity index is 766. The lowest BCUT2D eigenvalue weighted by Crippen LogP contribution is -2.20. The van der Waals surface area contributed by atoms with E-state index >= 15 is 0 Å². The van der Waals surface area contributed by atoms with Gasteiger partial charge in [-0.15, -0.1) is 0 Å². The third kappa shape index (κ3) is 6.78. The van der Waals surface area contributed by atoms with Crippen LogP contribution in [0.15, 0.2) is 46.1 Å². The Labute approximate surface area is 180 Å². The second-order valence-corrected chi connectivity index (χ2v) is 9.17. The quantitative estimate of drug-likeness (QED) is 0.233. The van der Waals surface area contributed by atoms with E-state index in [9.17, 15) is 19.8 Å². The molecule has 2 N–H and O–H groups in total. The maximum Gasteiger partial charge on any atom is 0.333 e. The molecule has 0 unspecified atom stereocenters. The molecule has 0 radical (unpaired) electrons. The van der Waals surface area contributed by atoms with Crippen LogP contribution in [-0.2, 0) is 14.3 Å². The average molecular weight is 417 g/mol. The molecule has 0 spiro atoms. The van der Waals surface area contributed by atoms with E-state index in [1.807, 2.05) is 0 Å². The predicted octanol–water partition coefficient (Wildman–Crippen LogP) is 4.70. The van der Waals surface area contributed by atoms with Gasteiger partial charge in [-0.25, -0.2) is 4.79 Å². The molecule has 0 saturated carbocycles. The second kappa shape index (κ2) is 10.9. The van der Waals surface area contributed by atoms with Gasteiger partial charge in [0, 0.05) is 11.6 Å². The maximum absolute atomic E-state index is 11.4. The number of esters is 1. The first-order chi connectivity index (χ1) is 14.1. The summed E-state index contributed by atoms with van der Waals surface area (Å²) >= 11 is 0. The van der Waals surface area contributed by atoms with Crippen LogP contribution in [0.1, 0.15) is 79.1 Å². The molecular weight excluding hydrogens is 380 g/mol. The van der Waals surface area contributed by atoms with E-state index in [2.05, 4.69) is 38.5 Å². The van der Waals surface area contributed by atoms with Crippen LogP contribution in [0.4, 0.5) is 0 Å². The van der Waals surface area contributed by atoms with Gasteiger partial charge >= 0.3 is 5.97 Å². The molecule has 30 heavy (non-hydrogen) atoms. The first-order valence-corrected chi connectivity index (χ1v) is 10.9. The van der Waals surface area contributed by atoms with Gasteiger partial charge in [-0.1, -0.05) is 42.7 Å². The highest BCUT2D eigenvalue weighted by Crippen LogP contribution is 2.42. The highest BCUT2D eigenvalue weighted by Gasteiger charge is 2.29. The number of rotatable bonds is 10. The van der Waals surface area contributed by atoms with Crippen molar-refractivity contribution in [2.75, 3.05) is 0 Å². The molecule has 2 rings (SSSR count). The number of allylic oxidation sites excluding steroid dienone is 5. The highest BCUT2D eigenvalue weighted by atomic mass is 16.6. The van der Waals surface area contributed by atoms with Gasteiger partial charge in [-0.05, 0) is 76.2 Å². The van der Waals surface area contributed by atoms with E-state index in [-0.39, 0.29) is 12.0 Å². The fourth-order valence-corrected chi connectivity index (χ4v) is 4.42. The zero-order valence-corrected chi connectivity index (χ0v) is 18.7. The van der Waals surface area contributed by atoms with Gasteiger partial charge in [-0.3, -0.25) is 4.79 Å². The molecule has 0 amide bonds. The summed E-state index contributed by atoms with van der Waals surface area (Å²) < 4.78 is 4.57. The number of aliphatic hydroxyl groups excluding tert-OH is 2.